The van der Waals surface area contributed by atoms with E-state index in [1.54, 1.807) is 0 Å². The Morgan fingerprint density at radius 2 is 2.10 bits per heavy atom. The number of nitrogens with zero attached hydrogens (tertiary/aromatic N) is 1. The van der Waals surface area contributed by atoms with Crippen LogP contribution in [0.1, 0.15) is 12.8 Å². The molecule has 1 aliphatic heterocycles. The van der Waals surface area contributed by atoms with Gasteiger partial charge in [-0.2, -0.15) is 3.74 Å². The largest absolute Gasteiger partial charge is 0.393 e. The monoisotopic (exact) mass is 183 g/mol. The molecule has 0 amide bonds. The number of piperidine rings is 1. The highest BCUT2D eigenvalue weighted by atomic mass is 35.5. The van der Waals surface area contributed by atoms with E-state index in [0.717, 1.165) is 38.2 Å². The second kappa shape index (κ2) is 4.41. The quantitative estimate of drug-likeness (QED) is 0.515. The fourth-order valence-electron chi connectivity index (χ4n) is 0.957. The van der Waals surface area contributed by atoms with Gasteiger partial charge in [-0.1, -0.05) is 0 Å². The summed E-state index contributed by atoms with van der Waals surface area (Å²) < 4.78 is 6.34. The molecule has 0 aliphatic carbocycles. The minimum atomic E-state index is -0.132. The van der Waals surface area contributed by atoms with Crippen molar-refractivity contribution < 1.29 is 8.84 Å². The first kappa shape index (κ1) is 8.62. The highest BCUT2D eigenvalue weighted by molar-refractivity contribution is 7.92. The van der Waals surface area contributed by atoms with Gasteiger partial charge in [-0.15, -0.1) is 0 Å². The summed E-state index contributed by atoms with van der Waals surface area (Å²) in [5.41, 5.74) is 0. The van der Waals surface area contributed by atoms with Crippen molar-refractivity contribution in [2.45, 2.75) is 18.9 Å². The molecule has 60 valence electrons. The van der Waals surface area contributed by atoms with Crippen molar-refractivity contribution in [1.82, 2.24) is 4.31 Å². The van der Waals surface area contributed by atoms with Gasteiger partial charge in [0.25, 0.3) is 0 Å². The van der Waals surface area contributed by atoms with Crippen molar-refractivity contribution in [2.24, 2.45) is 0 Å². The summed E-state index contributed by atoms with van der Waals surface area (Å²) in [5.74, 6) is 0. The van der Waals surface area contributed by atoms with E-state index in [2.05, 4.69) is 3.74 Å². The van der Waals surface area contributed by atoms with E-state index < -0.39 is 0 Å². The highest BCUT2D eigenvalue weighted by Crippen LogP contribution is 2.19. The predicted octanol–water partition coefficient (Wildman–Crippen LogP) is 1.18. The molecule has 0 unspecified atom stereocenters. The Kier molecular flexibility index (Phi) is 3.80. The van der Waals surface area contributed by atoms with Crippen LogP contribution in [0.4, 0.5) is 0 Å². The van der Waals surface area contributed by atoms with Gasteiger partial charge >= 0.3 is 0 Å². The minimum absolute atomic E-state index is 0.132. The molecule has 1 heterocycles. The maximum absolute atomic E-state index is 9.09. The molecule has 0 radical (unpaired) electrons. The van der Waals surface area contributed by atoms with E-state index in [9.17, 15) is 0 Å². The number of halogens is 1. The molecule has 1 saturated heterocycles. The second-order valence-electron chi connectivity index (χ2n) is 2.30. The summed E-state index contributed by atoms with van der Waals surface area (Å²) in [6.45, 7) is 1.69. The Morgan fingerprint density at radius 3 is 2.60 bits per heavy atom. The van der Waals surface area contributed by atoms with Gasteiger partial charge in [-0.05, 0) is 12.8 Å². The molecule has 1 rings (SSSR count). The molecular weight excluding hydrogens is 174 g/mol. The molecule has 1 N–H and O–H groups in total. The molecule has 1 aliphatic rings. The maximum atomic E-state index is 9.09. The Labute approximate surface area is 69.8 Å². The Balaban J connectivity index is 2.13. The smallest absolute Gasteiger partial charge is 0.104 e. The van der Waals surface area contributed by atoms with Crippen LogP contribution in [0.2, 0.25) is 0 Å². The first-order valence-corrected chi connectivity index (χ1v) is 4.22. The van der Waals surface area contributed by atoms with E-state index in [4.69, 9.17) is 17.0 Å². The molecule has 0 saturated carbocycles. The first-order valence-electron chi connectivity index (χ1n) is 3.21. The average Bonchev–Trinajstić information content (AvgIpc) is 1.95. The van der Waals surface area contributed by atoms with Crippen molar-refractivity contribution in [3.05, 3.63) is 0 Å². The summed E-state index contributed by atoms with van der Waals surface area (Å²) in [6, 6.07) is 0. The maximum Gasteiger partial charge on any atom is 0.104 e. The lowest BCUT2D eigenvalue weighted by Gasteiger charge is -2.25. The zero-order chi connectivity index (χ0) is 7.40. The van der Waals surface area contributed by atoms with Crippen molar-refractivity contribution in [3.8, 4) is 0 Å². The van der Waals surface area contributed by atoms with Gasteiger partial charge < -0.3 is 5.11 Å². The molecule has 10 heavy (non-hydrogen) atoms. The van der Waals surface area contributed by atoms with Crippen LogP contribution >= 0.6 is 24.1 Å². The third kappa shape index (κ3) is 2.64. The van der Waals surface area contributed by atoms with Gasteiger partial charge in [0, 0.05) is 13.1 Å². The number of aliphatic hydroxyl groups excluding tert-OH is 1. The fraction of sp³-hybridized carbons (Fsp3) is 1.00. The first-order chi connectivity index (χ1) is 4.83. The fourth-order valence-corrected chi connectivity index (χ4v) is 1.64. The van der Waals surface area contributed by atoms with Gasteiger partial charge in [0.2, 0.25) is 0 Å². The highest BCUT2D eigenvalue weighted by Gasteiger charge is 2.17. The lowest BCUT2D eigenvalue weighted by molar-refractivity contribution is 0.115. The number of rotatable bonds is 2. The molecule has 0 aromatic carbocycles. The topological polar surface area (TPSA) is 32.7 Å². The predicted molar refractivity (Wildman–Crippen MR) is 41.3 cm³/mol. The van der Waals surface area contributed by atoms with E-state index in [1.807, 2.05) is 4.31 Å². The van der Waals surface area contributed by atoms with Gasteiger partial charge in [-0.25, -0.2) is 4.31 Å². The molecular formula is C5H10ClNO2S. The third-order valence-corrected chi connectivity index (χ3v) is 2.36. The summed E-state index contributed by atoms with van der Waals surface area (Å²) in [4.78, 5) is 0. The Hall–Kier alpha value is 0.520. The van der Waals surface area contributed by atoms with E-state index >= 15 is 0 Å². The average molecular weight is 184 g/mol. The van der Waals surface area contributed by atoms with Crippen LogP contribution in [-0.2, 0) is 3.74 Å². The SMILES string of the molecule is OC1CCN(SOCl)CC1. The van der Waals surface area contributed by atoms with Gasteiger partial charge in [0.1, 0.15) is 12.2 Å². The lowest BCUT2D eigenvalue weighted by atomic mass is 10.1. The van der Waals surface area contributed by atoms with Crippen LogP contribution in [0.3, 0.4) is 0 Å². The summed E-state index contributed by atoms with van der Waals surface area (Å²) in [7, 11) is 0. The normalized spacial score (nSPS) is 23.4. The minimum Gasteiger partial charge on any atom is -0.393 e. The van der Waals surface area contributed by atoms with E-state index in [-0.39, 0.29) is 6.10 Å². The van der Waals surface area contributed by atoms with Crippen molar-refractivity contribution >= 4 is 24.1 Å². The molecule has 1 fully saturated rings. The van der Waals surface area contributed by atoms with Crippen molar-refractivity contribution in [2.75, 3.05) is 13.1 Å². The summed E-state index contributed by atoms with van der Waals surface area (Å²) >= 11 is 6.17. The zero-order valence-corrected chi connectivity index (χ0v) is 7.07. The molecule has 0 aromatic rings. The Morgan fingerprint density at radius 1 is 1.50 bits per heavy atom. The molecule has 5 heteroatoms. The third-order valence-electron chi connectivity index (χ3n) is 1.56. The van der Waals surface area contributed by atoms with Crippen LogP contribution in [0.15, 0.2) is 0 Å². The van der Waals surface area contributed by atoms with Crippen molar-refractivity contribution in [1.29, 1.82) is 0 Å². The molecule has 0 atom stereocenters. The number of aliphatic hydroxyl groups is 1. The standard InChI is InChI=1S/C5H10ClNO2S/c6-9-10-7-3-1-5(8)2-4-7/h5,8H,1-4H2. The zero-order valence-electron chi connectivity index (χ0n) is 5.49. The Bertz CT molecular complexity index is 97.6. The molecule has 0 aromatic heterocycles. The van der Waals surface area contributed by atoms with Crippen molar-refractivity contribution in [3.63, 3.8) is 0 Å². The van der Waals surface area contributed by atoms with E-state index in [0.29, 0.717) is 0 Å². The molecule has 3 nitrogen and oxygen atoms in total. The summed E-state index contributed by atoms with van der Waals surface area (Å²) in [5, 5.41) is 9.09. The number of hydrogen-bond donors (Lipinski definition) is 1. The van der Waals surface area contributed by atoms with Crippen LogP contribution < -0.4 is 0 Å². The van der Waals surface area contributed by atoms with Gasteiger partial charge in [0.05, 0.1) is 18.0 Å². The van der Waals surface area contributed by atoms with Crippen LogP contribution in [0.5, 0.6) is 0 Å². The number of hydrogen-bond acceptors (Lipinski definition) is 4. The lowest BCUT2D eigenvalue weighted by Crippen LogP contribution is -2.30. The van der Waals surface area contributed by atoms with E-state index in [1.165, 1.54) is 0 Å². The van der Waals surface area contributed by atoms with Crippen LogP contribution in [-0.4, -0.2) is 28.6 Å². The molecule has 0 spiro atoms. The second-order valence-corrected chi connectivity index (χ2v) is 3.47. The van der Waals surface area contributed by atoms with Gasteiger partial charge in [-0.3, -0.25) is 0 Å². The van der Waals surface area contributed by atoms with Crippen LogP contribution in [0.25, 0.3) is 0 Å². The summed E-state index contributed by atoms with van der Waals surface area (Å²) in [6.07, 6.45) is 1.49. The molecule has 0 bridgehead atoms. The van der Waals surface area contributed by atoms with Gasteiger partial charge in [0.15, 0.2) is 0 Å². The van der Waals surface area contributed by atoms with Crippen LogP contribution in [0, 0.1) is 0 Å².